The van der Waals surface area contributed by atoms with Gasteiger partial charge in [0.2, 0.25) is 0 Å². The molecule has 1 amide bonds. The second-order valence-electron chi connectivity index (χ2n) is 6.36. The number of carboxylic acid groups (broad SMARTS) is 1. The molecule has 0 radical (unpaired) electrons. The Morgan fingerprint density at radius 1 is 1.14 bits per heavy atom. The van der Waals surface area contributed by atoms with E-state index in [9.17, 15) is 9.59 Å². The average Bonchev–Trinajstić information content (AvgIpc) is 2.67. The number of hydrogen-bond donors (Lipinski definition) is 4. The van der Waals surface area contributed by atoms with Gasteiger partial charge in [0, 0.05) is 49.2 Å². The summed E-state index contributed by atoms with van der Waals surface area (Å²) in [6.45, 7) is 0.475. The van der Waals surface area contributed by atoms with Crippen LogP contribution in [0.4, 0.5) is 10.5 Å². The van der Waals surface area contributed by atoms with E-state index in [1.165, 1.54) is 0 Å². The second-order valence-corrected chi connectivity index (χ2v) is 6.77. The van der Waals surface area contributed by atoms with E-state index < -0.39 is 12.1 Å². The van der Waals surface area contributed by atoms with E-state index in [1.807, 2.05) is 42.5 Å². The van der Waals surface area contributed by atoms with Crippen molar-refractivity contribution >= 4 is 34.8 Å². The standard InChI is InChI=1S/C20H20N4O3S/c25-17-11-15(24-20(26)27)10-16(22-12-13-6-8-21-9-7-13)18(17)19(28)23-14-4-2-1-3-5-14/h1-9,15,22,24H,10-12H2,(H,23,28)(H,26,27). The van der Waals surface area contributed by atoms with E-state index in [0.29, 0.717) is 29.2 Å². The van der Waals surface area contributed by atoms with Gasteiger partial charge < -0.3 is 21.1 Å². The number of hydrogen-bond acceptors (Lipinski definition) is 5. The number of amides is 1. The molecule has 4 N–H and O–H groups in total. The summed E-state index contributed by atoms with van der Waals surface area (Å²) in [5, 5.41) is 17.8. The predicted molar refractivity (Wildman–Crippen MR) is 110 cm³/mol. The van der Waals surface area contributed by atoms with Gasteiger partial charge >= 0.3 is 6.09 Å². The Labute approximate surface area is 167 Å². The molecular formula is C20H20N4O3S. The van der Waals surface area contributed by atoms with E-state index >= 15 is 0 Å². The van der Waals surface area contributed by atoms with E-state index in [0.717, 1.165) is 11.3 Å². The highest BCUT2D eigenvalue weighted by molar-refractivity contribution is 7.81. The highest BCUT2D eigenvalue weighted by Crippen LogP contribution is 2.24. The topological polar surface area (TPSA) is 103 Å². The number of benzene rings is 1. The number of nitrogens with zero attached hydrogens (tertiary/aromatic N) is 1. The summed E-state index contributed by atoms with van der Waals surface area (Å²) in [5.74, 6) is -0.198. The largest absolute Gasteiger partial charge is 0.465 e. The van der Waals surface area contributed by atoms with E-state index in [-0.39, 0.29) is 12.2 Å². The maximum Gasteiger partial charge on any atom is 0.404 e. The quantitative estimate of drug-likeness (QED) is 0.557. The molecule has 8 heteroatoms. The van der Waals surface area contributed by atoms with Crippen molar-refractivity contribution in [2.45, 2.75) is 25.4 Å². The first-order valence-corrected chi connectivity index (χ1v) is 9.18. The van der Waals surface area contributed by atoms with Crippen LogP contribution in [0.5, 0.6) is 0 Å². The minimum absolute atomic E-state index is 0.0681. The molecule has 1 aliphatic carbocycles. The molecule has 3 rings (SSSR count). The zero-order valence-electron chi connectivity index (χ0n) is 15.0. The van der Waals surface area contributed by atoms with Gasteiger partial charge in [-0.15, -0.1) is 0 Å². The molecule has 0 saturated heterocycles. The lowest BCUT2D eigenvalue weighted by molar-refractivity contribution is -0.116. The molecule has 144 valence electrons. The number of pyridine rings is 1. The van der Waals surface area contributed by atoms with E-state index in [1.54, 1.807) is 12.4 Å². The van der Waals surface area contributed by atoms with Crippen LogP contribution in [-0.2, 0) is 11.3 Å². The van der Waals surface area contributed by atoms with Crippen molar-refractivity contribution in [3.05, 3.63) is 71.7 Å². The molecule has 1 atom stereocenters. The number of rotatable bonds is 6. The lowest BCUT2D eigenvalue weighted by Crippen LogP contribution is -2.42. The minimum atomic E-state index is -1.15. The Morgan fingerprint density at radius 3 is 2.54 bits per heavy atom. The number of anilines is 1. The van der Waals surface area contributed by atoms with Gasteiger partial charge in [0.25, 0.3) is 0 Å². The van der Waals surface area contributed by atoms with Crippen LogP contribution in [0.25, 0.3) is 0 Å². The number of Topliss-reactive ketones (excluding diaryl/α,β-unsaturated/α-hetero) is 1. The molecule has 1 unspecified atom stereocenters. The fourth-order valence-corrected chi connectivity index (χ4v) is 3.40. The Morgan fingerprint density at radius 2 is 1.86 bits per heavy atom. The summed E-state index contributed by atoms with van der Waals surface area (Å²) < 4.78 is 0. The molecule has 0 fully saturated rings. The van der Waals surface area contributed by atoms with Crippen molar-refractivity contribution in [2.24, 2.45) is 0 Å². The fourth-order valence-electron chi connectivity index (χ4n) is 3.04. The lowest BCUT2D eigenvalue weighted by Gasteiger charge is -2.27. The highest BCUT2D eigenvalue weighted by Gasteiger charge is 2.31. The Hall–Kier alpha value is -3.26. The lowest BCUT2D eigenvalue weighted by atomic mass is 9.90. The molecule has 28 heavy (non-hydrogen) atoms. The number of carbonyl (C=O) groups is 2. The zero-order valence-corrected chi connectivity index (χ0v) is 15.8. The third-order valence-corrected chi connectivity index (χ3v) is 4.61. The molecule has 1 aromatic carbocycles. The third-order valence-electron chi connectivity index (χ3n) is 4.30. The van der Waals surface area contributed by atoms with Crippen LogP contribution < -0.4 is 16.0 Å². The molecule has 0 aliphatic heterocycles. The van der Waals surface area contributed by atoms with Crippen LogP contribution in [0.15, 0.2) is 66.1 Å². The molecule has 0 spiro atoms. The summed E-state index contributed by atoms with van der Waals surface area (Å²) >= 11 is 5.49. The maximum atomic E-state index is 12.8. The number of ketones is 1. The Bertz CT molecular complexity index is 900. The van der Waals surface area contributed by atoms with Gasteiger partial charge in [0.15, 0.2) is 5.78 Å². The first-order chi connectivity index (χ1) is 13.5. The van der Waals surface area contributed by atoms with Crippen LogP contribution in [0.2, 0.25) is 0 Å². The number of nitrogens with one attached hydrogen (secondary N) is 3. The fraction of sp³-hybridized carbons (Fsp3) is 0.200. The first kappa shape index (κ1) is 19.5. The minimum Gasteiger partial charge on any atom is -0.465 e. The van der Waals surface area contributed by atoms with Crippen LogP contribution in [-0.4, -0.2) is 33.0 Å². The van der Waals surface area contributed by atoms with Gasteiger partial charge in [-0.2, -0.15) is 0 Å². The van der Waals surface area contributed by atoms with Gasteiger partial charge in [-0.05, 0) is 29.8 Å². The summed E-state index contributed by atoms with van der Waals surface area (Å²) in [7, 11) is 0. The number of carbonyl (C=O) groups excluding carboxylic acids is 1. The van der Waals surface area contributed by atoms with Crippen molar-refractivity contribution in [3.63, 3.8) is 0 Å². The van der Waals surface area contributed by atoms with Gasteiger partial charge in [0.1, 0.15) is 4.99 Å². The average molecular weight is 396 g/mol. The van der Waals surface area contributed by atoms with Crippen molar-refractivity contribution in [1.82, 2.24) is 15.6 Å². The Kier molecular flexibility index (Phi) is 6.33. The smallest absolute Gasteiger partial charge is 0.404 e. The number of para-hydroxylation sites is 1. The van der Waals surface area contributed by atoms with Crippen molar-refractivity contribution in [2.75, 3.05) is 5.32 Å². The molecular weight excluding hydrogens is 376 g/mol. The summed E-state index contributed by atoms with van der Waals surface area (Å²) in [5.41, 5.74) is 2.80. The summed E-state index contributed by atoms with van der Waals surface area (Å²) in [6.07, 6.45) is 2.65. The normalized spacial score (nSPS) is 16.4. The van der Waals surface area contributed by atoms with E-state index in [4.69, 9.17) is 17.3 Å². The van der Waals surface area contributed by atoms with Crippen molar-refractivity contribution in [3.8, 4) is 0 Å². The maximum absolute atomic E-state index is 12.8. The summed E-state index contributed by atoms with van der Waals surface area (Å²) in [4.78, 5) is 28.1. The SMILES string of the molecule is O=C(O)NC1CC(=O)C(C(=S)Nc2ccccc2)=C(NCc2ccncc2)C1. The Balaban J connectivity index is 1.84. The van der Waals surface area contributed by atoms with Crippen molar-refractivity contribution in [1.29, 1.82) is 0 Å². The molecule has 1 aliphatic rings. The van der Waals surface area contributed by atoms with Gasteiger partial charge in [-0.25, -0.2) is 4.79 Å². The monoisotopic (exact) mass is 396 g/mol. The van der Waals surface area contributed by atoms with Gasteiger partial charge in [-0.1, -0.05) is 30.4 Å². The van der Waals surface area contributed by atoms with Crippen LogP contribution in [0, 0.1) is 0 Å². The van der Waals surface area contributed by atoms with Gasteiger partial charge in [0.05, 0.1) is 5.57 Å². The predicted octanol–water partition coefficient (Wildman–Crippen LogP) is 2.86. The molecule has 1 heterocycles. The third kappa shape index (κ3) is 5.14. The summed E-state index contributed by atoms with van der Waals surface area (Å²) in [6, 6.07) is 12.6. The molecule has 0 saturated carbocycles. The van der Waals surface area contributed by atoms with Crippen molar-refractivity contribution < 1.29 is 14.7 Å². The first-order valence-electron chi connectivity index (χ1n) is 8.78. The van der Waals surface area contributed by atoms with E-state index in [2.05, 4.69) is 20.9 Å². The molecule has 0 bridgehead atoms. The van der Waals surface area contributed by atoms with Crippen LogP contribution in [0.1, 0.15) is 18.4 Å². The van der Waals surface area contributed by atoms with Gasteiger partial charge in [-0.3, -0.25) is 9.78 Å². The number of thiocarbonyl (C=S) groups is 1. The molecule has 7 nitrogen and oxygen atoms in total. The molecule has 2 aromatic rings. The second kappa shape index (κ2) is 9.09. The van der Waals surface area contributed by atoms with Crippen LogP contribution >= 0.6 is 12.2 Å². The van der Waals surface area contributed by atoms with Crippen LogP contribution in [0.3, 0.4) is 0 Å². The molecule has 1 aromatic heterocycles. The highest BCUT2D eigenvalue weighted by atomic mass is 32.1. The zero-order chi connectivity index (χ0) is 19.9. The number of aromatic nitrogens is 1.